The van der Waals surface area contributed by atoms with E-state index in [1.807, 2.05) is 4.90 Å². The van der Waals surface area contributed by atoms with E-state index in [-0.39, 0.29) is 0 Å². The minimum Gasteiger partial charge on any atom is -0.377 e. The standard InChI is InChI=1S/C23H41NO/c1-16(2)15-25-21-10-8-18-17-7-9-20-22(3,12-6-14-24(20)5)19(17)11-13-23(18,21)4/h16-21H,6-15H2,1-5H3/p+1/t17-,18-,19-,20+,21-,22+,23-/m0/s1. The minimum atomic E-state index is 0.465. The number of fused-ring (bicyclic) bond motifs is 5. The van der Waals surface area contributed by atoms with Gasteiger partial charge >= 0.3 is 0 Å². The van der Waals surface area contributed by atoms with Crippen LogP contribution in [0.4, 0.5) is 0 Å². The smallest absolute Gasteiger partial charge is 0.0929 e. The summed E-state index contributed by atoms with van der Waals surface area (Å²) in [5, 5.41) is 0. The summed E-state index contributed by atoms with van der Waals surface area (Å²) in [6.07, 6.45) is 12.1. The van der Waals surface area contributed by atoms with Crippen LogP contribution in [0.3, 0.4) is 0 Å². The normalized spacial score (nSPS) is 52.6. The Balaban J connectivity index is 1.54. The number of hydrogen-bond acceptors (Lipinski definition) is 1. The Labute approximate surface area is 156 Å². The van der Waals surface area contributed by atoms with Gasteiger partial charge in [0.15, 0.2) is 0 Å². The number of ether oxygens (including phenoxy) is 1. The van der Waals surface area contributed by atoms with Gasteiger partial charge in [-0.05, 0) is 74.0 Å². The summed E-state index contributed by atoms with van der Waals surface area (Å²) in [6.45, 7) is 12.2. The van der Waals surface area contributed by atoms with E-state index in [1.54, 1.807) is 0 Å². The van der Waals surface area contributed by atoms with Crippen LogP contribution < -0.4 is 4.90 Å². The van der Waals surface area contributed by atoms with Gasteiger partial charge in [0.25, 0.3) is 0 Å². The van der Waals surface area contributed by atoms with Crippen molar-refractivity contribution in [1.29, 1.82) is 0 Å². The Bertz CT molecular complexity index is 490. The molecule has 1 N–H and O–H groups in total. The van der Waals surface area contributed by atoms with Gasteiger partial charge in [-0.1, -0.05) is 27.7 Å². The van der Waals surface area contributed by atoms with Crippen LogP contribution >= 0.6 is 0 Å². The lowest BCUT2D eigenvalue weighted by Gasteiger charge is -2.60. The molecule has 1 unspecified atom stereocenters. The molecule has 0 amide bonds. The number of likely N-dealkylation sites (tertiary alicyclic amines) is 1. The van der Waals surface area contributed by atoms with Gasteiger partial charge in [-0.15, -0.1) is 0 Å². The van der Waals surface area contributed by atoms with Crippen molar-refractivity contribution in [3.63, 3.8) is 0 Å². The summed E-state index contributed by atoms with van der Waals surface area (Å²) in [5.41, 5.74) is 1.08. The second kappa shape index (κ2) is 6.51. The highest BCUT2D eigenvalue weighted by atomic mass is 16.5. The van der Waals surface area contributed by atoms with E-state index in [0.29, 0.717) is 22.9 Å². The SMILES string of the molecule is CC(C)CO[C@H]1CC[C@H]2[C@@H]3CC[C@H]4[NH+](C)CCC[C@]4(C)[C@H]3CC[C@]12C. The average molecular weight is 349 g/mol. The molecule has 4 aliphatic rings. The number of quaternary nitrogens is 1. The molecule has 4 fully saturated rings. The van der Waals surface area contributed by atoms with E-state index in [1.165, 1.54) is 57.9 Å². The molecule has 4 rings (SSSR count). The first-order chi connectivity index (χ1) is 11.9. The van der Waals surface area contributed by atoms with Gasteiger partial charge < -0.3 is 9.64 Å². The van der Waals surface area contributed by atoms with Crippen LogP contribution in [0.1, 0.15) is 79.1 Å². The van der Waals surface area contributed by atoms with Crippen molar-refractivity contribution in [2.24, 2.45) is 34.5 Å². The third-order valence-corrected chi connectivity index (χ3v) is 9.29. The molecule has 8 atom stereocenters. The zero-order chi connectivity index (χ0) is 17.8. The summed E-state index contributed by atoms with van der Waals surface area (Å²) in [6, 6.07) is 0.932. The number of rotatable bonds is 3. The van der Waals surface area contributed by atoms with E-state index in [2.05, 4.69) is 34.7 Å². The molecule has 3 aliphatic carbocycles. The first-order valence-electron chi connectivity index (χ1n) is 11.3. The van der Waals surface area contributed by atoms with Gasteiger partial charge in [0.1, 0.15) is 0 Å². The van der Waals surface area contributed by atoms with E-state index < -0.39 is 0 Å². The van der Waals surface area contributed by atoms with Crippen LogP contribution in [0, 0.1) is 34.5 Å². The highest BCUT2D eigenvalue weighted by Crippen LogP contribution is 2.64. The highest BCUT2D eigenvalue weighted by molar-refractivity contribution is 5.09. The number of piperidine rings is 1. The lowest BCUT2D eigenvalue weighted by atomic mass is 9.47. The fourth-order valence-electron chi connectivity index (χ4n) is 8.08. The summed E-state index contributed by atoms with van der Waals surface area (Å²) < 4.78 is 6.46. The first kappa shape index (κ1) is 18.3. The molecule has 0 radical (unpaired) electrons. The van der Waals surface area contributed by atoms with Crippen molar-refractivity contribution >= 4 is 0 Å². The molecule has 3 saturated carbocycles. The van der Waals surface area contributed by atoms with Crippen LogP contribution in [0.5, 0.6) is 0 Å². The third-order valence-electron chi connectivity index (χ3n) is 9.29. The molecule has 0 aromatic carbocycles. The molecule has 1 aliphatic heterocycles. The Morgan fingerprint density at radius 1 is 0.960 bits per heavy atom. The van der Waals surface area contributed by atoms with E-state index >= 15 is 0 Å². The lowest BCUT2D eigenvalue weighted by molar-refractivity contribution is -0.923. The molecule has 25 heavy (non-hydrogen) atoms. The molecule has 1 heterocycles. The van der Waals surface area contributed by atoms with Gasteiger partial charge in [0.2, 0.25) is 0 Å². The van der Waals surface area contributed by atoms with E-state index in [4.69, 9.17) is 4.74 Å². The second-order valence-corrected chi connectivity index (χ2v) is 11.1. The first-order valence-corrected chi connectivity index (χ1v) is 11.3. The fraction of sp³-hybridized carbons (Fsp3) is 1.00. The Morgan fingerprint density at radius 3 is 2.48 bits per heavy atom. The molecule has 2 nitrogen and oxygen atoms in total. The summed E-state index contributed by atoms with van der Waals surface area (Å²) in [5.74, 6) is 3.57. The molecule has 0 bridgehead atoms. The minimum absolute atomic E-state index is 0.465. The largest absolute Gasteiger partial charge is 0.377 e. The fourth-order valence-corrected chi connectivity index (χ4v) is 8.08. The molecule has 0 aromatic rings. The highest BCUT2D eigenvalue weighted by Gasteiger charge is 2.61. The predicted molar refractivity (Wildman–Crippen MR) is 104 cm³/mol. The van der Waals surface area contributed by atoms with Gasteiger partial charge in [-0.25, -0.2) is 0 Å². The zero-order valence-corrected chi connectivity index (χ0v) is 17.4. The van der Waals surface area contributed by atoms with Crippen LogP contribution in [-0.2, 0) is 4.74 Å². The van der Waals surface area contributed by atoms with Gasteiger partial charge in [0, 0.05) is 18.4 Å². The van der Waals surface area contributed by atoms with Crippen molar-refractivity contribution in [2.75, 3.05) is 20.2 Å². The van der Waals surface area contributed by atoms with Crippen molar-refractivity contribution in [1.82, 2.24) is 0 Å². The Morgan fingerprint density at radius 2 is 1.72 bits per heavy atom. The molecule has 2 heteroatoms. The second-order valence-electron chi connectivity index (χ2n) is 11.1. The van der Waals surface area contributed by atoms with Gasteiger partial charge in [-0.2, -0.15) is 0 Å². The van der Waals surface area contributed by atoms with Crippen LogP contribution in [0.25, 0.3) is 0 Å². The van der Waals surface area contributed by atoms with Crippen molar-refractivity contribution < 1.29 is 9.64 Å². The Kier molecular flexibility index (Phi) is 4.77. The van der Waals surface area contributed by atoms with Crippen LogP contribution in [0.15, 0.2) is 0 Å². The zero-order valence-electron chi connectivity index (χ0n) is 17.4. The average Bonchev–Trinajstić information content (AvgIpc) is 2.89. The lowest BCUT2D eigenvalue weighted by Crippen LogP contribution is -3.16. The maximum atomic E-state index is 6.46. The number of hydrogen-bond donors (Lipinski definition) is 1. The molecule has 0 spiro atoms. The molecule has 0 aromatic heterocycles. The van der Waals surface area contributed by atoms with Crippen LogP contribution in [0.2, 0.25) is 0 Å². The molecule has 1 saturated heterocycles. The number of nitrogens with one attached hydrogen (secondary N) is 1. The van der Waals surface area contributed by atoms with E-state index in [0.717, 1.165) is 30.4 Å². The van der Waals surface area contributed by atoms with Crippen molar-refractivity contribution in [2.45, 2.75) is 91.2 Å². The monoisotopic (exact) mass is 348 g/mol. The van der Waals surface area contributed by atoms with Crippen molar-refractivity contribution in [3.8, 4) is 0 Å². The predicted octanol–water partition coefficient (Wildman–Crippen LogP) is 3.95. The van der Waals surface area contributed by atoms with Crippen molar-refractivity contribution in [3.05, 3.63) is 0 Å². The molecule has 144 valence electrons. The summed E-state index contributed by atoms with van der Waals surface area (Å²) in [7, 11) is 2.47. The maximum absolute atomic E-state index is 6.46. The quantitative estimate of drug-likeness (QED) is 0.815. The Hall–Kier alpha value is -0.0800. The molecular weight excluding hydrogens is 306 g/mol. The molecular formula is C23H42NO+. The maximum Gasteiger partial charge on any atom is 0.0929 e. The summed E-state index contributed by atoms with van der Waals surface area (Å²) >= 11 is 0. The van der Waals surface area contributed by atoms with Crippen LogP contribution in [-0.4, -0.2) is 32.3 Å². The van der Waals surface area contributed by atoms with Gasteiger partial charge in [-0.3, -0.25) is 0 Å². The topological polar surface area (TPSA) is 13.7 Å². The van der Waals surface area contributed by atoms with E-state index in [9.17, 15) is 0 Å². The summed E-state index contributed by atoms with van der Waals surface area (Å²) in [4.78, 5) is 1.84. The third kappa shape index (κ3) is 2.81. The van der Waals surface area contributed by atoms with Gasteiger partial charge in [0.05, 0.1) is 25.7 Å².